The standard InChI is InChI=1S/C21H22N10O3/c1-22-17-13-18(27-20(26-17)31-8-12(28-29-31)11-5-3-4-6-24-11)30(9-25-13)14-10-7-21(10,19(34)23-2)16(33)15(14)32/h3-6,8-10,14-16,32-33H,7H2,1-2H3,(H,23,34)(H,22,26,27)/t10?,14-,15+,16?,21-/m1/s1. The molecule has 6 rings (SSSR count). The fraction of sp³-hybridized carbons (Fsp3) is 0.381. The van der Waals surface area contributed by atoms with E-state index in [-0.39, 0.29) is 17.8 Å². The summed E-state index contributed by atoms with van der Waals surface area (Å²) in [6, 6.07) is 4.94. The monoisotopic (exact) mass is 462 g/mol. The quantitative estimate of drug-likeness (QED) is 0.304. The molecule has 4 heterocycles. The number of nitrogens with one attached hydrogen (secondary N) is 2. The highest BCUT2D eigenvalue weighted by Gasteiger charge is 2.75. The number of rotatable bonds is 5. The van der Waals surface area contributed by atoms with Crippen molar-refractivity contribution in [2.45, 2.75) is 24.7 Å². The number of hydrogen-bond acceptors (Lipinski definition) is 10. The number of carbonyl (C=O) groups excluding carboxylic acids is 1. The Morgan fingerprint density at radius 2 is 2.03 bits per heavy atom. The van der Waals surface area contributed by atoms with Gasteiger partial charge in [-0.2, -0.15) is 14.6 Å². The van der Waals surface area contributed by atoms with Crippen LogP contribution >= 0.6 is 0 Å². The van der Waals surface area contributed by atoms with Crippen molar-refractivity contribution >= 4 is 22.9 Å². The van der Waals surface area contributed by atoms with Gasteiger partial charge in [-0.05, 0) is 18.6 Å². The summed E-state index contributed by atoms with van der Waals surface area (Å²) in [6.45, 7) is 0. The van der Waals surface area contributed by atoms with Gasteiger partial charge in [0.1, 0.15) is 11.8 Å². The molecule has 4 aromatic rings. The molecule has 2 saturated carbocycles. The van der Waals surface area contributed by atoms with Gasteiger partial charge in [0, 0.05) is 26.2 Å². The van der Waals surface area contributed by atoms with Crippen molar-refractivity contribution in [1.29, 1.82) is 0 Å². The summed E-state index contributed by atoms with van der Waals surface area (Å²) in [6.07, 6.45) is 3.06. The fourth-order valence-corrected chi connectivity index (χ4v) is 5.18. The minimum Gasteiger partial charge on any atom is -0.389 e. The lowest BCUT2D eigenvalue weighted by Gasteiger charge is -2.23. The van der Waals surface area contributed by atoms with Gasteiger partial charge >= 0.3 is 0 Å². The van der Waals surface area contributed by atoms with Gasteiger partial charge in [0.25, 0.3) is 5.95 Å². The number of nitrogens with zero attached hydrogens (tertiary/aromatic N) is 8. The summed E-state index contributed by atoms with van der Waals surface area (Å²) < 4.78 is 3.15. The maximum atomic E-state index is 12.5. The topological polar surface area (TPSA) is 169 Å². The lowest BCUT2D eigenvalue weighted by atomic mass is 9.98. The van der Waals surface area contributed by atoms with Crippen LogP contribution in [0.3, 0.4) is 0 Å². The first-order valence-electron chi connectivity index (χ1n) is 10.8. The van der Waals surface area contributed by atoms with Gasteiger partial charge in [0.2, 0.25) is 5.91 Å². The molecule has 0 spiro atoms. The van der Waals surface area contributed by atoms with E-state index in [0.29, 0.717) is 34.8 Å². The van der Waals surface area contributed by atoms with Gasteiger partial charge in [0.05, 0.1) is 35.8 Å². The molecule has 0 bridgehead atoms. The molecule has 0 aromatic carbocycles. The third-order valence-corrected chi connectivity index (χ3v) is 6.92. The Bertz CT molecular complexity index is 1400. The Morgan fingerprint density at radius 3 is 2.76 bits per heavy atom. The molecular weight excluding hydrogens is 440 g/mol. The average Bonchev–Trinajstić information content (AvgIpc) is 3.14. The Labute approximate surface area is 192 Å². The number of fused-ring (bicyclic) bond motifs is 2. The highest BCUT2D eigenvalue weighted by atomic mass is 16.3. The largest absolute Gasteiger partial charge is 0.389 e. The summed E-state index contributed by atoms with van der Waals surface area (Å²) in [5, 5.41) is 35.6. The zero-order chi connectivity index (χ0) is 23.6. The highest BCUT2D eigenvalue weighted by molar-refractivity contribution is 5.88. The van der Waals surface area contributed by atoms with Crippen molar-refractivity contribution in [2.24, 2.45) is 11.3 Å². The van der Waals surface area contributed by atoms with Gasteiger partial charge in [-0.15, -0.1) is 5.10 Å². The van der Waals surface area contributed by atoms with E-state index in [9.17, 15) is 15.0 Å². The van der Waals surface area contributed by atoms with Crippen LogP contribution in [0.15, 0.2) is 36.9 Å². The second-order valence-electron chi connectivity index (χ2n) is 8.57. The molecule has 2 unspecified atom stereocenters. The van der Waals surface area contributed by atoms with E-state index in [0.717, 1.165) is 0 Å². The minimum absolute atomic E-state index is 0.242. The number of hydrogen-bond donors (Lipinski definition) is 4. The molecule has 5 atom stereocenters. The lowest BCUT2D eigenvalue weighted by Crippen LogP contribution is -2.41. The highest BCUT2D eigenvalue weighted by Crippen LogP contribution is 2.67. The predicted molar refractivity (Wildman–Crippen MR) is 119 cm³/mol. The molecule has 34 heavy (non-hydrogen) atoms. The van der Waals surface area contributed by atoms with Crippen LogP contribution in [0.1, 0.15) is 12.5 Å². The van der Waals surface area contributed by atoms with Crippen molar-refractivity contribution < 1.29 is 15.0 Å². The summed E-state index contributed by atoms with van der Waals surface area (Å²) in [5.41, 5.74) is 1.17. The molecule has 13 nitrogen and oxygen atoms in total. The van der Waals surface area contributed by atoms with Crippen molar-refractivity contribution in [3.05, 3.63) is 36.9 Å². The van der Waals surface area contributed by atoms with Crippen molar-refractivity contribution in [3.8, 4) is 17.3 Å². The zero-order valence-electron chi connectivity index (χ0n) is 18.4. The molecule has 2 aliphatic carbocycles. The summed E-state index contributed by atoms with van der Waals surface area (Å²) >= 11 is 0. The van der Waals surface area contributed by atoms with Crippen LogP contribution in [-0.2, 0) is 4.79 Å². The molecule has 4 N–H and O–H groups in total. The minimum atomic E-state index is -1.18. The third kappa shape index (κ3) is 2.70. The Balaban J connectivity index is 1.44. The Morgan fingerprint density at radius 1 is 1.18 bits per heavy atom. The van der Waals surface area contributed by atoms with Crippen molar-refractivity contribution in [2.75, 3.05) is 19.4 Å². The predicted octanol–water partition coefficient (Wildman–Crippen LogP) is -0.461. The smallest absolute Gasteiger partial charge is 0.256 e. The molecule has 0 radical (unpaired) electrons. The van der Waals surface area contributed by atoms with E-state index in [1.807, 2.05) is 18.2 Å². The lowest BCUT2D eigenvalue weighted by molar-refractivity contribution is -0.132. The second kappa shape index (κ2) is 7.27. The molecule has 174 valence electrons. The van der Waals surface area contributed by atoms with Gasteiger partial charge in [-0.3, -0.25) is 9.78 Å². The normalized spacial score (nSPS) is 27.5. The van der Waals surface area contributed by atoms with E-state index in [2.05, 4.69) is 40.9 Å². The van der Waals surface area contributed by atoms with Crippen LogP contribution in [-0.4, -0.2) is 81.9 Å². The zero-order valence-corrected chi connectivity index (χ0v) is 18.4. The van der Waals surface area contributed by atoms with Crippen molar-refractivity contribution in [3.63, 3.8) is 0 Å². The van der Waals surface area contributed by atoms with Gasteiger partial charge < -0.3 is 25.4 Å². The van der Waals surface area contributed by atoms with Gasteiger partial charge in [-0.1, -0.05) is 11.3 Å². The van der Waals surface area contributed by atoms with Gasteiger partial charge in [-0.25, -0.2) is 4.98 Å². The van der Waals surface area contributed by atoms with Crippen LogP contribution in [0.4, 0.5) is 5.82 Å². The number of imidazole rings is 1. The Hall–Kier alpha value is -3.97. The number of aliphatic hydroxyl groups is 2. The molecule has 0 aliphatic heterocycles. The molecule has 2 fully saturated rings. The fourth-order valence-electron chi connectivity index (χ4n) is 5.18. The maximum Gasteiger partial charge on any atom is 0.256 e. The van der Waals surface area contributed by atoms with Crippen LogP contribution in [0.25, 0.3) is 28.5 Å². The number of aliphatic hydroxyl groups excluding tert-OH is 2. The molecule has 2 aliphatic rings. The third-order valence-electron chi connectivity index (χ3n) is 6.92. The maximum absolute atomic E-state index is 12.5. The summed E-state index contributed by atoms with van der Waals surface area (Å²) in [4.78, 5) is 30.4. The first kappa shape index (κ1) is 20.6. The first-order chi connectivity index (χ1) is 16.5. The van der Waals surface area contributed by atoms with Crippen LogP contribution in [0.5, 0.6) is 0 Å². The number of carbonyl (C=O) groups is 1. The first-order valence-corrected chi connectivity index (χ1v) is 10.8. The van der Waals surface area contributed by atoms with Crippen LogP contribution in [0, 0.1) is 11.3 Å². The van der Waals surface area contributed by atoms with Gasteiger partial charge in [0.15, 0.2) is 17.0 Å². The average molecular weight is 462 g/mol. The van der Waals surface area contributed by atoms with E-state index < -0.39 is 23.7 Å². The molecule has 0 saturated heterocycles. The molecule has 1 amide bonds. The van der Waals surface area contributed by atoms with E-state index in [1.165, 1.54) is 11.7 Å². The summed E-state index contributed by atoms with van der Waals surface area (Å²) in [7, 11) is 3.25. The number of anilines is 1. The van der Waals surface area contributed by atoms with E-state index in [1.54, 1.807) is 30.3 Å². The van der Waals surface area contributed by atoms with Crippen LogP contribution in [0.2, 0.25) is 0 Å². The van der Waals surface area contributed by atoms with E-state index >= 15 is 0 Å². The summed E-state index contributed by atoms with van der Waals surface area (Å²) in [5.74, 6) is 0.199. The molecular formula is C21H22N10O3. The molecule has 13 heteroatoms. The second-order valence-corrected chi connectivity index (χ2v) is 8.57. The van der Waals surface area contributed by atoms with E-state index in [4.69, 9.17) is 0 Å². The van der Waals surface area contributed by atoms with Crippen molar-refractivity contribution in [1.82, 2.24) is 44.8 Å². The number of pyridine rings is 1. The van der Waals surface area contributed by atoms with Crippen LogP contribution < -0.4 is 10.6 Å². The SMILES string of the molecule is CNC(=O)[C@]12CC1[C@@H](n1cnc3c(NC)nc(-n4cc(-c5ccccn5)nn4)nc31)[C@H](O)C2O. The number of amides is 1. The molecule has 4 aromatic heterocycles. The Kier molecular flexibility index (Phi) is 4.41. The number of aromatic nitrogens is 8.